The first-order chi connectivity index (χ1) is 18.2. The maximum Gasteiger partial charge on any atom is 0.430 e. The fourth-order valence-corrected chi connectivity index (χ4v) is 6.02. The standard InChI is InChI=1S/C28H31F3N2O5/c1-36-27(28(29,30)31,19-7-3-2-4-8-19)25(35)33-13-11-26(12-14-33)15-24(34)32-16-22(26)21-9-5-6-10-23(21)38-20-17-37-18-20/h2-10,20,22H,11-18H2,1H3,(H,32,34)/t22-,27+/m0/s1. The van der Waals surface area contributed by atoms with Gasteiger partial charge in [-0.2, -0.15) is 13.2 Å². The summed E-state index contributed by atoms with van der Waals surface area (Å²) >= 11 is 0. The fourth-order valence-electron chi connectivity index (χ4n) is 6.02. The number of alkyl halides is 3. The van der Waals surface area contributed by atoms with Gasteiger partial charge in [0.15, 0.2) is 0 Å². The van der Waals surface area contributed by atoms with Gasteiger partial charge < -0.3 is 24.4 Å². The Labute approximate surface area is 219 Å². The summed E-state index contributed by atoms with van der Waals surface area (Å²) in [6.45, 7) is 1.58. The van der Waals surface area contributed by atoms with Crippen LogP contribution in [0, 0.1) is 5.41 Å². The van der Waals surface area contributed by atoms with Gasteiger partial charge in [0.2, 0.25) is 5.91 Å². The number of hydrogen-bond donors (Lipinski definition) is 1. The molecule has 3 fully saturated rings. The van der Waals surface area contributed by atoms with Crippen molar-refractivity contribution >= 4 is 11.8 Å². The number of rotatable bonds is 6. The number of benzene rings is 2. The second-order valence-electron chi connectivity index (χ2n) is 10.3. The molecule has 10 heteroatoms. The van der Waals surface area contributed by atoms with E-state index in [2.05, 4.69) is 5.32 Å². The third-order valence-electron chi connectivity index (χ3n) is 8.18. The molecule has 3 saturated heterocycles. The smallest absolute Gasteiger partial charge is 0.430 e. The minimum Gasteiger partial charge on any atom is -0.485 e. The number of nitrogens with zero attached hydrogens (tertiary/aromatic N) is 1. The lowest BCUT2D eigenvalue weighted by Crippen LogP contribution is -2.60. The number of likely N-dealkylation sites (tertiary alicyclic amines) is 1. The molecule has 1 N–H and O–H groups in total. The SMILES string of the molecule is CO[C@@](C(=O)N1CCC2(CC1)CC(=O)NC[C@H]2c1ccccc1OC1COC1)(c1ccccc1)C(F)(F)F. The van der Waals surface area contributed by atoms with Crippen LogP contribution in [-0.2, 0) is 24.7 Å². The number of ether oxygens (including phenoxy) is 3. The van der Waals surface area contributed by atoms with E-state index in [1.54, 1.807) is 6.07 Å². The number of piperidine rings is 2. The van der Waals surface area contributed by atoms with E-state index in [1.807, 2.05) is 24.3 Å². The summed E-state index contributed by atoms with van der Waals surface area (Å²) in [4.78, 5) is 27.4. The maximum absolute atomic E-state index is 14.5. The first-order valence-electron chi connectivity index (χ1n) is 12.8. The van der Waals surface area contributed by atoms with Gasteiger partial charge >= 0.3 is 6.18 Å². The van der Waals surface area contributed by atoms with Gasteiger partial charge in [-0.05, 0) is 29.9 Å². The zero-order chi connectivity index (χ0) is 27.0. The molecule has 2 aromatic rings. The molecule has 3 aliphatic rings. The van der Waals surface area contributed by atoms with Crippen LogP contribution in [0.15, 0.2) is 54.6 Å². The summed E-state index contributed by atoms with van der Waals surface area (Å²) in [7, 11) is 0.912. The van der Waals surface area contributed by atoms with Crippen molar-refractivity contribution in [2.24, 2.45) is 5.41 Å². The fraction of sp³-hybridized carbons (Fsp3) is 0.500. The van der Waals surface area contributed by atoms with Crippen LogP contribution in [0.1, 0.15) is 36.3 Å². The Morgan fingerprint density at radius 2 is 1.71 bits per heavy atom. The number of halogens is 3. The van der Waals surface area contributed by atoms with Crippen LogP contribution < -0.4 is 10.1 Å². The van der Waals surface area contributed by atoms with Gasteiger partial charge in [-0.3, -0.25) is 9.59 Å². The molecular formula is C28H31F3N2O5. The molecule has 38 heavy (non-hydrogen) atoms. The van der Waals surface area contributed by atoms with Crippen molar-refractivity contribution in [2.45, 2.75) is 43.1 Å². The Bertz CT molecular complexity index is 1160. The Hall–Kier alpha value is -3.11. The van der Waals surface area contributed by atoms with E-state index in [1.165, 1.54) is 29.2 Å². The first kappa shape index (κ1) is 26.5. The average molecular weight is 533 g/mol. The summed E-state index contributed by atoms with van der Waals surface area (Å²) in [6.07, 6.45) is -4.01. The van der Waals surface area contributed by atoms with Crippen LogP contribution in [0.2, 0.25) is 0 Å². The van der Waals surface area contributed by atoms with Crippen LogP contribution in [0.5, 0.6) is 5.75 Å². The lowest BCUT2D eigenvalue weighted by atomic mass is 9.62. The van der Waals surface area contributed by atoms with E-state index in [0.29, 0.717) is 32.6 Å². The molecule has 2 atom stereocenters. The summed E-state index contributed by atoms with van der Waals surface area (Å²) in [5.74, 6) is -0.630. The minimum absolute atomic E-state index is 0.0349. The van der Waals surface area contributed by atoms with Gasteiger partial charge in [0.25, 0.3) is 11.5 Å². The predicted octanol–water partition coefficient (Wildman–Crippen LogP) is 3.78. The number of methoxy groups -OCH3 is 1. The summed E-state index contributed by atoms with van der Waals surface area (Å²) < 4.78 is 59.9. The predicted molar refractivity (Wildman–Crippen MR) is 131 cm³/mol. The Morgan fingerprint density at radius 1 is 1.05 bits per heavy atom. The lowest BCUT2D eigenvalue weighted by molar-refractivity contribution is -0.271. The van der Waals surface area contributed by atoms with Crippen molar-refractivity contribution in [1.82, 2.24) is 10.2 Å². The molecule has 0 unspecified atom stereocenters. The van der Waals surface area contributed by atoms with Gasteiger partial charge in [0, 0.05) is 44.6 Å². The normalized spacial score (nSPS) is 23.3. The van der Waals surface area contributed by atoms with Gasteiger partial charge in [0.1, 0.15) is 11.9 Å². The van der Waals surface area contributed by atoms with Crippen molar-refractivity contribution in [3.05, 3.63) is 65.7 Å². The van der Waals surface area contributed by atoms with Crippen molar-refractivity contribution in [3.63, 3.8) is 0 Å². The number of hydrogen-bond acceptors (Lipinski definition) is 5. The number of nitrogens with one attached hydrogen (secondary N) is 1. The third kappa shape index (κ3) is 4.53. The second kappa shape index (κ2) is 10.2. The highest BCUT2D eigenvalue weighted by Gasteiger charge is 2.64. The van der Waals surface area contributed by atoms with E-state index in [0.717, 1.165) is 18.4 Å². The molecule has 0 radical (unpaired) electrons. The number of carbonyl (C=O) groups is 2. The van der Waals surface area contributed by atoms with Crippen LogP contribution in [0.25, 0.3) is 0 Å². The highest BCUT2D eigenvalue weighted by Crippen LogP contribution is 2.52. The van der Waals surface area contributed by atoms with Crippen molar-refractivity contribution < 1.29 is 37.0 Å². The molecule has 5 rings (SSSR count). The van der Waals surface area contributed by atoms with Gasteiger partial charge in [-0.1, -0.05) is 48.5 Å². The second-order valence-corrected chi connectivity index (χ2v) is 10.3. The van der Waals surface area contributed by atoms with Crippen molar-refractivity contribution in [2.75, 3.05) is 40.0 Å². The molecule has 0 aromatic heterocycles. The van der Waals surface area contributed by atoms with Crippen LogP contribution in [0.4, 0.5) is 13.2 Å². The zero-order valence-corrected chi connectivity index (χ0v) is 21.1. The molecule has 3 aliphatic heterocycles. The Balaban J connectivity index is 1.41. The molecule has 0 saturated carbocycles. The monoisotopic (exact) mass is 532 g/mol. The third-order valence-corrected chi connectivity index (χ3v) is 8.18. The van der Waals surface area contributed by atoms with E-state index in [4.69, 9.17) is 14.2 Å². The number of amides is 2. The molecule has 2 amide bonds. The number of carbonyl (C=O) groups excluding carboxylic acids is 2. The van der Waals surface area contributed by atoms with Crippen LogP contribution in [-0.4, -0.2) is 69.0 Å². The summed E-state index contributed by atoms with van der Waals surface area (Å²) in [5, 5.41) is 2.95. The largest absolute Gasteiger partial charge is 0.485 e. The van der Waals surface area contributed by atoms with E-state index >= 15 is 0 Å². The molecule has 1 spiro atoms. The zero-order valence-electron chi connectivity index (χ0n) is 21.1. The Morgan fingerprint density at radius 3 is 2.32 bits per heavy atom. The van der Waals surface area contributed by atoms with Gasteiger partial charge in [-0.15, -0.1) is 0 Å². The maximum atomic E-state index is 14.5. The minimum atomic E-state index is -4.97. The first-order valence-corrected chi connectivity index (χ1v) is 12.8. The highest BCUT2D eigenvalue weighted by molar-refractivity contribution is 5.88. The van der Waals surface area contributed by atoms with Gasteiger partial charge in [0.05, 0.1) is 13.2 Å². The quantitative estimate of drug-likeness (QED) is 0.613. The Kier molecular flexibility index (Phi) is 7.13. The van der Waals surface area contributed by atoms with Crippen molar-refractivity contribution in [1.29, 1.82) is 0 Å². The molecular weight excluding hydrogens is 501 g/mol. The molecule has 204 valence electrons. The van der Waals surface area contributed by atoms with Gasteiger partial charge in [-0.25, -0.2) is 0 Å². The summed E-state index contributed by atoms with van der Waals surface area (Å²) in [6, 6.07) is 14.7. The molecule has 0 bridgehead atoms. The molecule has 0 aliphatic carbocycles. The molecule has 2 aromatic carbocycles. The van der Waals surface area contributed by atoms with E-state index in [-0.39, 0.29) is 43.0 Å². The number of para-hydroxylation sites is 1. The summed E-state index contributed by atoms with van der Waals surface area (Å²) in [5.41, 5.74) is -2.94. The molecule has 3 heterocycles. The van der Waals surface area contributed by atoms with Crippen molar-refractivity contribution in [3.8, 4) is 5.75 Å². The molecule has 7 nitrogen and oxygen atoms in total. The van der Waals surface area contributed by atoms with Crippen LogP contribution in [0.3, 0.4) is 0 Å². The average Bonchev–Trinajstić information content (AvgIpc) is 2.88. The topological polar surface area (TPSA) is 77.1 Å². The van der Waals surface area contributed by atoms with Crippen LogP contribution >= 0.6 is 0 Å². The lowest BCUT2D eigenvalue weighted by Gasteiger charge is -2.50. The van der Waals surface area contributed by atoms with E-state index < -0.39 is 23.1 Å². The van der Waals surface area contributed by atoms with E-state index in [9.17, 15) is 22.8 Å². The highest BCUT2D eigenvalue weighted by atomic mass is 19.4.